The summed E-state index contributed by atoms with van der Waals surface area (Å²) in [4.78, 5) is 12.1. The molecule has 0 spiro atoms. The highest BCUT2D eigenvalue weighted by Gasteiger charge is 2.19. The number of nitrogens with one attached hydrogen (secondary N) is 2. The number of aromatic amines is 1. The van der Waals surface area contributed by atoms with E-state index < -0.39 is 0 Å². The molecule has 1 heterocycles. The van der Waals surface area contributed by atoms with Gasteiger partial charge in [0.15, 0.2) is 0 Å². The van der Waals surface area contributed by atoms with Crippen molar-refractivity contribution < 1.29 is 9.90 Å². The van der Waals surface area contributed by atoms with Crippen LogP contribution in [0.25, 0.3) is 0 Å². The third-order valence-corrected chi connectivity index (χ3v) is 3.70. The number of amides is 1. The molecule has 0 aliphatic rings. The highest BCUT2D eigenvalue weighted by Crippen LogP contribution is 2.10. The Morgan fingerprint density at radius 1 is 1.45 bits per heavy atom. The third kappa shape index (κ3) is 4.96. The molecule has 5 heteroatoms. The van der Waals surface area contributed by atoms with Crippen LogP contribution in [0.3, 0.4) is 0 Å². The van der Waals surface area contributed by atoms with Crippen molar-refractivity contribution in [1.29, 1.82) is 0 Å². The van der Waals surface area contributed by atoms with Gasteiger partial charge in [0.2, 0.25) is 0 Å². The number of aromatic nitrogens is 2. The first-order valence-corrected chi connectivity index (χ1v) is 7.43. The van der Waals surface area contributed by atoms with E-state index in [1.807, 2.05) is 13.8 Å². The predicted molar refractivity (Wildman–Crippen MR) is 79.5 cm³/mol. The standard InChI is InChI=1S/C15H27N3O2/c1-5-11(4)14(9-19)16-15(20)13-8-12(17-18-13)7-6-10(2)3/h8,10-11,14,19H,5-7,9H2,1-4H3,(H,16,20)(H,17,18)/t11-,14+/m1/s1. The number of hydrogen-bond donors (Lipinski definition) is 3. The van der Waals surface area contributed by atoms with E-state index in [1.54, 1.807) is 6.07 Å². The molecule has 0 unspecified atom stereocenters. The first kappa shape index (κ1) is 16.7. The van der Waals surface area contributed by atoms with E-state index in [0.717, 1.165) is 25.0 Å². The van der Waals surface area contributed by atoms with Crippen LogP contribution in [0.2, 0.25) is 0 Å². The van der Waals surface area contributed by atoms with Crippen molar-refractivity contribution in [2.75, 3.05) is 6.61 Å². The molecule has 2 atom stereocenters. The number of nitrogens with zero attached hydrogens (tertiary/aromatic N) is 1. The molecule has 1 aromatic rings. The molecular weight excluding hydrogens is 254 g/mol. The first-order valence-electron chi connectivity index (χ1n) is 7.43. The van der Waals surface area contributed by atoms with Gasteiger partial charge in [-0.05, 0) is 30.7 Å². The predicted octanol–water partition coefficient (Wildman–Crippen LogP) is 2.14. The minimum absolute atomic E-state index is 0.0502. The number of H-pyrrole nitrogens is 1. The smallest absolute Gasteiger partial charge is 0.272 e. The molecule has 0 saturated carbocycles. The molecule has 0 aliphatic carbocycles. The van der Waals surface area contributed by atoms with Crippen molar-refractivity contribution in [3.05, 3.63) is 17.5 Å². The lowest BCUT2D eigenvalue weighted by molar-refractivity contribution is 0.0886. The summed E-state index contributed by atoms with van der Waals surface area (Å²) in [6, 6.07) is 1.58. The van der Waals surface area contributed by atoms with E-state index in [4.69, 9.17) is 0 Å². The van der Waals surface area contributed by atoms with Gasteiger partial charge in [0.25, 0.3) is 5.91 Å². The Morgan fingerprint density at radius 3 is 2.70 bits per heavy atom. The van der Waals surface area contributed by atoms with Gasteiger partial charge in [0.05, 0.1) is 12.6 Å². The maximum atomic E-state index is 12.1. The molecule has 20 heavy (non-hydrogen) atoms. The number of aryl methyl sites for hydroxylation is 1. The molecule has 0 fully saturated rings. The van der Waals surface area contributed by atoms with Crippen LogP contribution in [-0.4, -0.2) is 33.9 Å². The van der Waals surface area contributed by atoms with Crippen LogP contribution in [0, 0.1) is 11.8 Å². The molecule has 114 valence electrons. The van der Waals surface area contributed by atoms with Gasteiger partial charge in [-0.1, -0.05) is 34.1 Å². The number of carbonyl (C=O) groups excluding carboxylic acids is 1. The number of aliphatic hydroxyl groups is 1. The summed E-state index contributed by atoms with van der Waals surface area (Å²) in [6.45, 7) is 8.34. The van der Waals surface area contributed by atoms with Crippen LogP contribution < -0.4 is 5.32 Å². The Hall–Kier alpha value is -1.36. The quantitative estimate of drug-likeness (QED) is 0.683. The van der Waals surface area contributed by atoms with Crippen molar-refractivity contribution in [3.63, 3.8) is 0 Å². The van der Waals surface area contributed by atoms with Crippen LogP contribution in [0.15, 0.2) is 6.07 Å². The third-order valence-electron chi connectivity index (χ3n) is 3.70. The molecule has 0 bridgehead atoms. The highest BCUT2D eigenvalue weighted by molar-refractivity contribution is 5.92. The highest BCUT2D eigenvalue weighted by atomic mass is 16.3. The molecule has 3 N–H and O–H groups in total. The Bertz CT molecular complexity index is 415. The van der Waals surface area contributed by atoms with Gasteiger partial charge in [-0.15, -0.1) is 0 Å². The normalized spacial score (nSPS) is 14.3. The van der Waals surface area contributed by atoms with Crippen molar-refractivity contribution in [2.24, 2.45) is 11.8 Å². The second-order valence-electron chi connectivity index (χ2n) is 5.86. The lowest BCUT2D eigenvalue weighted by Crippen LogP contribution is -2.42. The fourth-order valence-corrected chi connectivity index (χ4v) is 1.94. The Balaban J connectivity index is 2.59. The minimum atomic E-state index is -0.226. The molecule has 0 aliphatic heterocycles. The zero-order valence-corrected chi connectivity index (χ0v) is 12.9. The van der Waals surface area contributed by atoms with Gasteiger partial charge >= 0.3 is 0 Å². The summed E-state index contributed by atoms with van der Waals surface area (Å²) in [5.41, 5.74) is 1.37. The molecule has 0 aromatic carbocycles. The number of rotatable bonds is 8. The van der Waals surface area contributed by atoms with E-state index in [1.165, 1.54) is 0 Å². The van der Waals surface area contributed by atoms with Gasteiger partial charge in [-0.25, -0.2) is 0 Å². The van der Waals surface area contributed by atoms with Crippen molar-refractivity contribution >= 4 is 5.91 Å². The Labute approximate surface area is 121 Å². The van der Waals surface area contributed by atoms with Gasteiger partial charge in [-0.2, -0.15) is 5.10 Å². The zero-order valence-electron chi connectivity index (χ0n) is 12.9. The second kappa shape index (κ2) is 8.04. The van der Waals surface area contributed by atoms with Crippen LogP contribution in [-0.2, 0) is 6.42 Å². The maximum Gasteiger partial charge on any atom is 0.272 e. The van der Waals surface area contributed by atoms with E-state index in [0.29, 0.717) is 11.6 Å². The van der Waals surface area contributed by atoms with Crippen molar-refractivity contribution in [1.82, 2.24) is 15.5 Å². The molecular formula is C15H27N3O2. The maximum absolute atomic E-state index is 12.1. The first-order chi connectivity index (χ1) is 9.47. The van der Waals surface area contributed by atoms with Gasteiger partial charge in [0.1, 0.15) is 5.69 Å². The lowest BCUT2D eigenvalue weighted by Gasteiger charge is -2.21. The largest absolute Gasteiger partial charge is 0.394 e. The number of carbonyl (C=O) groups is 1. The van der Waals surface area contributed by atoms with E-state index in [-0.39, 0.29) is 24.5 Å². The van der Waals surface area contributed by atoms with E-state index in [9.17, 15) is 9.90 Å². The molecule has 0 saturated heterocycles. The minimum Gasteiger partial charge on any atom is -0.394 e. The average Bonchev–Trinajstić information content (AvgIpc) is 2.90. The van der Waals surface area contributed by atoms with Gasteiger partial charge in [-0.3, -0.25) is 9.89 Å². The van der Waals surface area contributed by atoms with Crippen molar-refractivity contribution in [2.45, 2.75) is 53.0 Å². The average molecular weight is 281 g/mol. The lowest BCUT2D eigenvalue weighted by atomic mass is 10.00. The van der Waals surface area contributed by atoms with Crippen LogP contribution >= 0.6 is 0 Å². The molecule has 1 amide bonds. The van der Waals surface area contributed by atoms with Gasteiger partial charge in [0, 0.05) is 5.69 Å². The topological polar surface area (TPSA) is 78.0 Å². The number of hydrogen-bond acceptors (Lipinski definition) is 3. The molecule has 1 aromatic heterocycles. The second-order valence-corrected chi connectivity index (χ2v) is 5.86. The molecule has 0 radical (unpaired) electrons. The summed E-state index contributed by atoms with van der Waals surface area (Å²) in [5.74, 6) is 0.638. The summed E-state index contributed by atoms with van der Waals surface area (Å²) in [7, 11) is 0. The monoisotopic (exact) mass is 281 g/mol. The van der Waals surface area contributed by atoms with Crippen molar-refractivity contribution in [3.8, 4) is 0 Å². The van der Waals surface area contributed by atoms with Crippen LogP contribution in [0.5, 0.6) is 0 Å². The summed E-state index contributed by atoms with van der Waals surface area (Å²) < 4.78 is 0. The Morgan fingerprint density at radius 2 is 2.15 bits per heavy atom. The summed E-state index contributed by atoms with van der Waals surface area (Å²) in [5, 5.41) is 19.1. The molecule has 1 rings (SSSR count). The Kier molecular flexibility index (Phi) is 6.71. The summed E-state index contributed by atoms with van der Waals surface area (Å²) in [6.07, 6.45) is 2.87. The van der Waals surface area contributed by atoms with Crippen LogP contribution in [0.4, 0.5) is 0 Å². The van der Waals surface area contributed by atoms with E-state index >= 15 is 0 Å². The fraction of sp³-hybridized carbons (Fsp3) is 0.733. The van der Waals surface area contributed by atoms with Gasteiger partial charge < -0.3 is 10.4 Å². The molecule has 5 nitrogen and oxygen atoms in total. The van der Waals surface area contributed by atoms with E-state index in [2.05, 4.69) is 29.4 Å². The SMILES string of the molecule is CC[C@@H](C)[C@H](CO)NC(=O)c1cc(CCC(C)C)[nH]n1. The fourth-order valence-electron chi connectivity index (χ4n) is 1.94. The van der Waals surface area contributed by atoms with Crippen LogP contribution in [0.1, 0.15) is 56.7 Å². The number of aliphatic hydroxyl groups excluding tert-OH is 1. The summed E-state index contributed by atoms with van der Waals surface area (Å²) >= 11 is 0. The zero-order chi connectivity index (χ0) is 15.1.